The van der Waals surface area contributed by atoms with Gasteiger partial charge < -0.3 is 24.7 Å². The predicted octanol–water partition coefficient (Wildman–Crippen LogP) is 2.90. The van der Waals surface area contributed by atoms with E-state index in [0.29, 0.717) is 22.9 Å². The number of halogens is 6. The molecule has 8 nitrogen and oxygen atoms in total. The van der Waals surface area contributed by atoms with Gasteiger partial charge in [0.15, 0.2) is 0 Å². The molecule has 2 amide bonds. The van der Waals surface area contributed by atoms with Crippen LogP contribution in [0.25, 0.3) is 0 Å². The summed E-state index contributed by atoms with van der Waals surface area (Å²) in [5.41, 5.74) is -0.263. The maximum atomic E-state index is 13.5. The van der Waals surface area contributed by atoms with Crippen molar-refractivity contribution in [3.05, 3.63) is 23.3 Å². The lowest BCUT2D eigenvalue weighted by Crippen LogP contribution is -2.52. The van der Waals surface area contributed by atoms with Crippen molar-refractivity contribution in [3.8, 4) is 0 Å². The Bertz CT molecular complexity index is 999. The lowest BCUT2D eigenvalue weighted by atomic mass is 10.0. The number of piperazine rings is 1. The molecule has 0 unspecified atom stereocenters. The minimum absolute atomic E-state index is 0.105. The molecule has 1 aromatic rings. The van der Waals surface area contributed by atoms with Crippen LogP contribution in [-0.4, -0.2) is 97.4 Å². The lowest BCUT2D eigenvalue weighted by Gasteiger charge is -2.38. The second-order valence-electron chi connectivity index (χ2n) is 8.72. The fourth-order valence-corrected chi connectivity index (χ4v) is 4.48. The zero-order chi connectivity index (χ0) is 26.8. The quantitative estimate of drug-likeness (QED) is 0.577. The van der Waals surface area contributed by atoms with Crippen LogP contribution in [0.15, 0.2) is 12.1 Å². The molecule has 1 N–H and O–H groups in total. The highest BCUT2D eigenvalue weighted by Crippen LogP contribution is 2.35. The molecule has 2 saturated heterocycles. The molecule has 36 heavy (non-hydrogen) atoms. The van der Waals surface area contributed by atoms with Crippen molar-refractivity contribution < 1.29 is 45.8 Å². The first kappa shape index (κ1) is 27.6. The molecule has 0 aromatic heterocycles. The molecule has 2 heterocycles. The smallest absolute Gasteiger partial charge is 0.471 e. The largest absolute Gasteiger partial charge is 0.478 e. The highest BCUT2D eigenvalue weighted by atomic mass is 19.4. The van der Waals surface area contributed by atoms with Gasteiger partial charge in [0.1, 0.15) is 0 Å². The van der Waals surface area contributed by atoms with Gasteiger partial charge in [-0.3, -0.25) is 9.59 Å². The molecule has 0 saturated carbocycles. The number of carboxylic acids is 1. The second-order valence-corrected chi connectivity index (χ2v) is 8.72. The Morgan fingerprint density at radius 2 is 1.50 bits per heavy atom. The topological polar surface area (TPSA) is 84.4 Å². The van der Waals surface area contributed by atoms with Crippen molar-refractivity contribution in [2.24, 2.45) is 0 Å². The lowest BCUT2D eigenvalue weighted by molar-refractivity contribution is -0.185. The number of rotatable bonds is 6. The van der Waals surface area contributed by atoms with Crippen LogP contribution in [0.1, 0.15) is 28.8 Å². The molecule has 14 heteroatoms. The van der Waals surface area contributed by atoms with E-state index in [1.54, 1.807) is 0 Å². The Balaban J connectivity index is 1.94. The van der Waals surface area contributed by atoms with Crippen LogP contribution in [0.5, 0.6) is 0 Å². The zero-order valence-corrected chi connectivity index (χ0v) is 19.5. The monoisotopic (exact) mass is 524 g/mol. The van der Waals surface area contributed by atoms with Crippen LogP contribution in [0, 0.1) is 6.92 Å². The van der Waals surface area contributed by atoms with Gasteiger partial charge in [0.2, 0.25) is 0 Å². The number of carbonyl (C=O) groups is 3. The van der Waals surface area contributed by atoms with E-state index in [9.17, 15) is 45.8 Å². The Hall–Kier alpha value is -3.03. The number of aromatic carboxylic acids is 1. The van der Waals surface area contributed by atoms with Crippen LogP contribution >= 0.6 is 0 Å². The summed E-state index contributed by atoms with van der Waals surface area (Å²) in [6, 6.07) is 2.21. The van der Waals surface area contributed by atoms with E-state index >= 15 is 0 Å². The standard InChI is InChI=1S/C22H26F6N4O4/c1-14-16(30-7-9-31(10-8-30)19(35)21(23,24)25)12-15(18(33)34)13-17(14)32(20(36)22(26,27)28)11-6-29-4-2-3-5-29/h12-13H,2-11H2,1H3,(H,33,34). The molecule has 0 bridgehead atoms. The maximum Gasteiger partial charge on any atom is 0.471 e. The number of benzene rings is 1. The SMILES string of the molecule is Cc1c(N2CCN(C(=O)C(F)(F)F)CC2)cc(C(=O)O)cc1N(CCN1CCCC1)C(=O)C(F)(F)F. The summed E-state index contributed by atoms with van der Waals surface area (Å²) in [6.07, 6.45) is -8.48. The molecule has 2 aliphatic rings. The first-order chi connectivity index (χ1) is 16.7. The first-order valence-electron chi connectivity index (χ1n) is 11.3. The average Bonchev–Trinajstić information content (AvgIpc) is 3.32. The van der Waals surface area contributed by atoms with Crippen molar-refractivity contribution >= 4 is 29.2 Å². The molecule has 0 spiro atoms. The zero-order valence-electron chi connectivity index (χ0n) is 19.5. The highest BCUT2D eigenvalue weighted by molar-refractivity contribution is 6.01. The number of amides is 2. The van der Waals surface area contributed by atoms with E-state index in [0.717, 1.165) is 18.9 Å². The van der Waals surface area contributed by atoms with Crippen molar-refractivity contribution in [1.29, 1.82) is 0 Å². The summed E-state index contributed by atoms with van der Waals surface area (Å²) in [5.74, 6) is -5.58. The van der Waals surface area contributed by atoms with Crippen LogP contribution in [0.4, 0.5) is 37.7 Å². The van der Waals surface area contributed by atoms with Crippen LogP contribution in [-0.2, 0) is 9.59 Å². The molecule has 1 aromatic carbocycles. The first-order valence-corrected chi connectivity index (χ1v) is 11.3. The van der Waals surface area contributed by atoms with E-state index in [2.05, 4.69) is 0 Å². The average molecular weight is 524 g/mol. The van der Waals surface area contributed by atoms with Gasteiger partial charge in [-0.05, 0) is 50.6 Å². The van der Waals surface area contributed by atoms with Gasteiger partial charge in [0.25, 0.3) is 0 Å². The number of hydrogen-bond acceptors (Lipinski definition) is 5. The van der Waals surface area contributed by atoms with Gasteiger partial charge in [-0.2, -0.15) is 26.3 Å². The Kier molecular flexibility index (Phi) is 8.06. The van der Waals surface area contributed by atoms with Crippen molar-refractivity contribution in [3.63, 3.8) is 0 Å². The summed E-state index contributed by atoms with van der Waals surface area (Å²) < 4.78 is 78.7. The molecule has 200 valence electrons. The van der Waals surface area contributed by atoms with E-state index < -0.39 is 30.1 Å². The predicted molar refractivity (Wildman–Crippen MR) is 117 cm³/mol. The van der Waals surface area contributed by atoms with Crippen molar-refractivity contribution in [1.82, 2.24) is 9.80 Å². The molecule has 0 radical (unpaired) electrons. The fraction of sp³-hybridized carbons (Fsp3) is 0.591. The van der Waals surface area contributed by atoms with Crippen LogP contribution in [0.2, 0.25) is 0 Å². The summed E-state index contributed by atoms with van der Waals surface area (Å²) in [4.78, 5) is 40.2. The molecule has 3 rings (SSSR count). The van der Waals surface area contributed by atoms with Gasteiger partial charge in [-0.25, -0.2) is 4.79 Å². The Morgan fingerprint density at radius 3 is 2.00 bits per heavy atom. The number of carboxylic acid groups (broad SMARTS) is 1. The summed E-state index contributed by atoms with van der Waals surface area (Å²) in [7, 11) is 0. The van der Waals surface area contributed by atoms with Gasteiger partial charge >= 0.3 is 30.1 Å². The second kappa shape index (κ2) is 10.5. The van der Waals surface area contributed by atoms with Gasteiger partial charge in [0.05, 0.1) is 5.56 Å². The third kappa shape index (κ3) is 6.20. The van der Waals surface area contributed by atoms with Crippen LogP contribution in [0.3, 0.4) is 0 Å². The van der Waals surface area contributed by atoms with Crippen molar-refractivity contribution in [2.45, 2.75) is 32.1 Å². The maximum absolute atomic E-state index is 13.5. The summed E-state index contributed by atoms with van der Waals surface area (Å²) in [6.45, 7) is 1.77. The van der Waals surface area contributed by atoms with Gasteiger partial charge in [-0.1, -0.05) is 0 Å². The van der Waals surface area contributed by atoms with E-state index in [4.69, 9.17) is 0 Å². The molecule has 2 fully saturated rings. The molecular formula is C22H26F6N4O4. The van der Waals surface area contributed by atoms with Gasteiger partial charge in [0, 0.05) is 50.6 Å². The molecule has 0 atom stereocenters. The third-order valence-corrected chi connectivity index (χ3v) is 6.37. The summed E-state index contributed by atoms with van der Waals surface area (Å²) in [5, 5.41) is 9.58. The number of anilines is 2. The normalized spacial score (nSPS) is 17.4. The number of alkyl halides is 6. The minimum Gasteiger partial charge on any atom is -0.478 e. The van der Waals surface area contributed by atoms with E-state index in [-0.39, 0.29) is 61.8 Å². The van der Waals surface area contributed by atoms with Crippen LogP contribution < -0.4 is 9.80 Å². The van der Waals surface area contributed by atoms with E-state index in [1.807, 2.05) is 4.90 Å². The Morgan fingerprint density at radius 1 is 0.917 bits per heavy atom. The Labute approximate surface area is 203 Å². The fourth-order valence-electron chi connectivity index (χ4n) is 4.48. The molecule has 2 aliphatic heterocycles. The third-order valence-electron chi connectivity index (χ3n) is 6.37. The molecular weight excluding hydrogens is 498 g/mol. The minimum atomic E-state index is -5.21. The summed E-state index contributed by atoms with van der Waals surface area (Å²) >= 11 is 0. The number of hydrogen-bond donors (Lipinski definition) is 1. The highest BCUT2D eigenvalue weighted by Gasteiger charge is 2.45. The van der Waals surface area contributed by atoms with Crippen molar-refractivity contribution in [2.75, 3.05) is 62.2 Å². The molecule has 0 aliphatic carbocycles. The number of carbonyl (C=O) groups excluding carboxylic acids is 2. The number of likely N-dealkylation sites (tertiary alicyclic amines) is 1. The number of nitrogens with zero attached hydrogens (tertiary/aromatic N) is 4. The van der Waals surface area contributed by atoms with Gasteiger partial charge in [-0.15, -0.1) is 0 Å². The van der Waals surface area contributed by atoms with E-state index in [1.165, 1.54) is 17.9 Å².